The number of H-pyrrole nitrogens is 1. The van der Waals surface area contributed by atoms with E-state index in [1.54, 1.807) is 6.20 Å². The van der Waals surface area contributed by atoms with Gasteiger partial charge in [0.15, 0.2) is 0 Å². The molecule has 13 heavy (non-hydrogen) atoms. The SMILES string of the molecule is CCCC(C)CC(O)c1cn[nH]n1. The molecule has 2 unspecified atom stereocenters. The van der Waals surface area contributed by atoms with E-state index in [0.29, 0.717) is 11.6 Å². The van der Waals surface area contributed by atoms with Gasteiger partial charge in [-0.05, 0) is 12.3 Å². The van der Waals surface area contributed by atoms with Gasteiger partial charge in [-0.15, -0.1) is 0 Å². The van der Waals surface area contributed by atoms with E-state index in [-0.39, 0.29) is 0 Å². The summed E-state index contributed by atoms with van der Waals surface area (Å²) in [6, 6.07) is 0. The molecule has 0 bridgehead atoms. The van der Waals surface area contributed by atoms with Gasteiger partial charge in [-0.3, -0.25) is 0 Å². The van der Waals surface area contributed by atoms with Crippen molar-refractivity contribution in [2.75, 3.05) is 0 Å². The first-order chi connectivity index (χ1) is 6.24. The third kappa shape index (κ3) is 3.14. The van der Waals surface area contributed by atoms with Gasteiger partial charge in [-0.1, -0.05) is 26.7 Å². The molecule has 2 N–H and O–H groups in total. The molecule has 0 saturated carbocycles. The summed E-state index contributed by atoms with van der Waals surface area (Å²) in [4.78, 5) is 0. The maximum Gasteiger partial charge on any atom is 0.111 e. The van der Waals surface area contributed by atoms with Crippen LogP contribution in [0.3, 0.4) is 0 Å². The Morgan fingerprint density at radius 2 is 2.38 bits per heavy atom. The number of aliphatic hydroxyl groups is 1. The third-order valence-corrected chi connectivity index (χ3v) is 2.18. The zero-order chi connectivity index (χ0) is 9.68. The van der Waals surface area contributed by atoms with Crippen molar-refractivity contribution >= 4 is 0 Å². The van der Waals surface area contributed by atoms with Crippen LogP contribution in [0.15, 0.2) is 6.20 Å². The summed E-state index contributed by atoms with van der Waals surface area (Å²) in [7, 11) is 0. The van der Waals surface area contributed by atoms with Gasteiger partial charge in [-0.2, -0.15) is 15.4 Å². The number of hydrogen-bond donors (Lipinski definition) is 2. The van der Waals surface area contributed by atoms with Crippen LogP contribution in [0.25, 0.3) is 0 Å². The van der Waals surface area contributed by atoms with E-state index in [4.69, 9.17) is 0 Å². The second-order valence-electron chi connectivity index (χ2n) is 3.54. The highest BCUT2D eigenvalue weighted by Crippen LogP contribution is 2.21. The topological polar surface area (TPSA) is 61.8 Å². The van der Waals surface area contributed by atoms with E-state index >= 15 is 0 Å². The Morgan fingerprint density at radius 3 is 2.92 bits per heavy atom. The Morgan fingerprint density at radius 1 is 1.62 bits per heavy atom. The fourth-order valence-corrected chi connectivity index (χ4v) is 1.48. The van der Waals surface area contributed by atoms with Gasteiger partial charge in [0, 0.05) is 0 Å². The molecule has 0 radical (unpaired) electrons. The Hall–Kier alpha value is -0.900. The quantitative estimate of drug-likeness (QED) is 0.729. The van der Waals surface area contributed by atoms with Crippen LogP contribution >= 0.6 is 0 Å². The lowest BCUT2D eigenvalue weighted by Gasteiger charge is -2.13. The second kappa shape index (κ2) is 4.97. The lowest BCUT2D eigenvalue weighted by molar-refractivity contribution is 0.140. The zero-order valence-electron chi connectivity index (χ0n) is 8.20. The number of aromatic amines is 1. The summed E-state index contributed by atoms with van der Waals surface area (Å²) < 4.78 is 0. The molecule has 0 spiro atoms. The second-order valence-corrected chi connectivity index (χ2v) is 3.54. The summed E-state index contributed by atoms with van der Waals surface area (Å²) in [5.74, 6) is 0.539. The van der Waals surface area contributed by atoms with Crippen molar-refractivity contribution in [3.63, 3.8) is 0 Å². The van der Waals surface area contributed by atoms with Gasteiger partial charge in [0.2, 0.25) is 0 Å². The molecule has 0 aliphatic heterocycles. The number of nitrogens with one attached hydrogen (secondary N) is 1. The Kier molecular flexibility index (Phi) is 3.89. The minimum absolute atomic E-state index is 0.472. The van der Waals surface area contributed by atoms with Crippen molar-refractivity contribution in [1.29, 1.82) is 0 Å². The molecule has 0 aliphatic carbocycles. The summed E-state index contributed by atoms with van der Waals surface area (Å²) >= 11 is 0. The van der Waals surface area contributed by atoms with Crippen LogP contribution in [0.2, 0.25) is 0 Å². The lowest BCUT2D eigenvalue weighted by atomic mass is 9.98. The number of hydrogen-bond acceptors (Lipinski definition) is 3. The Balaban J connectivity index is 2.37. The van der Waals surface area contributed by atoms with Crippen LogP contribution in [0, 0.1) is 5.92 Å². The van der Waals surface area contributed by atoms with E-state index in [1.165, 1.54) is 0 Å². The molecular weight excluding hydrogens is 166 g/mol. The summed E-state index contributed by atoms with van der Waals surface area (Å²) in [5.41, 5.74) is 0.642. The summed E-state index contributed by atoms with van der Waals surface area (Å²) in [5, 5.41) is 19.7. The highest BCUT2D eigenvalue weighted by Gasteiger charge is 2.13. The predicted octanol–water partition coefficient (Wildman–Crippen LogP) is 1.66. The van der Waals surface area contributed by atoms with Gasteiger partial charge < -0.3 is 5.11 Å². The largest absolute Gasteiger partial charge is 0.387 e. The van der Waals surface area contributed by atoms with Crippen LogP contribution in [-0.4, -0.2) is 20.5 Å². The molecule has 2 atom stereocenters. The molecule has 4 nitrogen and oxygen atoms in total. The number of rotatable bonds is 5. The van der Waals surface area contributed by atoms with E-state index in [9.17, 15) is 5.11 Å². The highest BCUT2D eigenvalue weighted by atomic mass is 16.3. The number of aromatic nitrogens is 3. The predicted molar refractivity (Wildman–Crippen MR) is 50.0 cm³/mol. The van der Waals surface area contributed by atoms with E-state index in [1.807, 2.05) is 0 Å². The molecule has 0 fully saturated rings. The van der Waals surface area contributed by atoms with Crippen molar-refractivity contribution in [1.82, 2.24) is 15.4 Å². The first kappa shape index (κ1) is 10.2. The minimum Gasteiger partial charge on any atom is -0.387 e. The minimum atomic E-state index is -0.472. The van der Waals surface area contributed by atoms with Crippen LogP contribution in [0.5, 0.6) is 0 Å². The summed E-state index contributed by atoms with van der Waals surface area (Å²) in [6.45, 7) is 4.30. The van der Waals surface area contributed by atoms with Crippen molar-refractivity contribution in [2.24, 2.45) is 5.92 Å². The molecule has 0 saturated heterocycles. The number of aliphatic hydroxyl groups excluding tert-OH is 1. The average molecular weight is 183 g/mol. The molecule has 1 aromatic rings. The lowest BCUT2D eigenvalue weighted by Crippen LogP contribution is -2.04. The molecule has 0 aliphatic rings. The van der Waals surface area contributed by atoms with Crippen LogP contribution in [0.1, 0.15) is 44.9 Å². The maximum absolute atomic E-state index is 9.68. The first-order valence-electron chi connectivity index (χ1n) is 4.77. The molecule has 0 amide bonds. The van der Waals surface area contributed by atoms with Gasteiger partial charge in [0.05, 0.1) is 12.3 Å². The van der Waals surface area contributed by atoms with Gasteiger partial charge in [0.25, 0.3) is 0 Å². The zero-order valence-corrected chi connectivity index (χ0v) is 8.20. The van der Waals surface area contributed by atoms with E-state index < -0.39 is 6.10 Å². The van der Waals surface area contributed by atoms with E-state index in [2.05, 4.69) is 29.3 Å². The standard InChI is InChI=1S/C9H17N3O/c1-3-4-7(2)5-9(13)8-6-10-12-11-8/h6-7,9,13H,3-5H2,1-2H3,(H,10,11,12). The van der Waals surface area contributed by atoms with Gasteiger partial charge >= 0.3 is 0 Å². The molecule has 1 heterocycles. The Bertz CT molecular complexity index is 223. The van der Waals surface area contributed by atoms with Crippen LogP contribution < -0.4 is 0 Å². The maximum atomic E-state index is 9.68. The first-order valence-corrected chi connectivity index (χ1v) is 4.77. The monoisotopic (exact) mass is 183 g/mol. The fourth-order valence-electron chi connectivity index (χ4n) is 1.48. The van der Waals surface area contributed by atoms with Gasteiger partial charge in [-0.25, -0.2) is 0 Å². The highest BCUT2D eigenvalue weighted by molar-refractivity contribution is 4.95. The van der Waals surface area contributed by atoms with E-state index in [0.717, 1.165) is 19.3 Å². The molecule has 1 rings (SSSR count). The molecular formula is C9H17N3O. The number of nitrogens with zero attached hydrogens (tertiary/aromatic N) is 2. The Labute approximate surface area is 78.4 Å². The van der Waals surface area contributed by atoms with Crippen molar-refractivity contribution in [3.8, 4) is 0 Å². The fraction of sp³-hybridized carbons (Fsp3) is 0.778. The average Bonchev–Trinajstić information content (AvgIpc) is 2.55. The van der Waals surface area contributed by atoms with Crippen molar-refractivity contribution in [2.45, 2.75) is 39.2 Å². The molecule has 74 valence electrons. The van der Waals surface area contributed by atoms with Crippen LogP contribution in [0.4, 0.5) is 0 Å². The molecule has 0 aromatic carbocycles. The third-order valence-electron chi connectivity index (χ3n) is 2.18. The smallest absolute Gasteiger partial charge is 0.111 e. The van der Waals surface area contributed by atoms with Gasteiger partial charge in [0.1, 0.15) is 5.69 Å². The molecule has 4 heteroatoms. The van der Waals surface area contributed by atoms with Crippen molar-refractivity contribution in [3.05, 3.63) is 11.9 Å². The summed E-state index contributed by atoms with van der Waals surface area (Å²) in [6.07, 6.45) is 4.17. The van der Waals surface area contributed by atoms with Crippen LogP contribution in [-0.2, 0) is 0 Å². The molecule has 1 aromatic heterocycles. The normalized spacial score (nSPS) is 15.6. The van der Waals surface area contributed by atoms with Crippen molar-refractivity contribution < 1.29 is 5.11 Å².